The zero-order valence-electron chi connectivity index (χ0n) is 24.0. The fraction of sp³-hybridized carbons (Fsp3) is 0.200. The van der Waals surface area contributed by atoms with Crippen LogP contribution in [0.4, 0.5) is 23.2 Å². The average Bonchev–Trinajstić information content (AvgIpc) is 3.61. The van der Waals surface area contributed by atoms with Crippen molar-refractivity contribution in [2.45, 2.75) is 33.1 Å². The average molecular weight is 656 g/mol. The summed E-state index contributed by atoms with van der Waals surface area (Å²) in [6.07, 6.45) is -1.77. The van der Waals surface area contributed by atoms with Gasteiger partial charge in [-0.2, -0.15) is 10.1 Å². The number of hydrogen-bond acceptors (Lipinski definition) is 7. The number of hydrazone groups is 1. The van der Waals surface area contributed by atoms with Crippen LogP contribution in [0.15, 0.2) is 77.1 Å². The third-order valence-electron chi connectivity index (χ3n) is 6.50. The Balaban J connectivity index is 1.22. The molecule has 1 N–H and O–H groups in total. The number of aryl methyl sites for hydroxylation is 1. The molecule has 2 heterocycles. The van der Waals surface area contributed by atoms with E-state index in [4.69, 9.17) is 12.2 Å². The number of amides is 1. The van der Waals surface area contributed by atoms with Crippen LogP contribution in [0.5, 0.6) is 5.75 Å². The SMILES string of the molecule is Cc1cc(N2C(=O)CS/C2=N\C(=S)N/N=C/c2ccc(-c3ncn(-c4ccc(OC(F)(F)F)cc4)n3)cc2)c(C(C)C)cc1F. The van der Waals surface area contributed by atoms with Crippen molar-refractivity contribution < 1.29 is 27.1 Å². The smallest absolute Gasteiger partial charge is 0.406 e. The number of aliphatic imine (C=N–C) groups is 1. The first-order valence-corrected chi connectivity index (χ1v) is 14.8. The largest absolute Gasteiger partial charge is 0.573 e. The summed E-state index contributed by atoms with van der Waals surface area (Å²) in [7, 11) is 0. The summed E-state index contributed by atoms with van der Waals surface area (Å²) in [4.78, 5) is 22.9. The van der Waals surface area contributed by atoms with Gasteiger partial charge in [0.2, 0.25) is 11.0 Å². The number of aromatic nitrogens is 3. The number of benzene rings is 3. The molecular formula is C30H25F4N7O2S2. The van der Waals surface area contributed by atoms with Crippen molar-refractivity contribution in [3.8, 4) is 22.8 Å². The summed E-state index contributed by atoms with van der Waals surface area (Å²) in [5, 5.41) is 8.96. The Morgan fingerprint density at radius 1 is 1.13 bits per heavy atom. The number of halogens is 4. The van der Waals surface area contributed by atoms with Gasteiger partial charge < -0.3 is 4.74 Å². The Morgan fingerprint density at radius 2 is 1.84 bits per heavy atom. The van der Waals surface area contributed by atoms with Crippen LogP contribution >= 0.6 is 24.0 Å². The van der Waals surface area contributed by atoms with Crippen LogP contribution in [0.2, 0.25) is 0 Å². The Hall–Kier alpha value is -4.63. The van der Waals surface area contributed by atoms with E-state index in [1.165, 1.54) is 64.2 Å². The van der Waals surface area contributed by atoms with E-state index >= 15 is 0 Å². The molecule has 9 nitrogen and oxygen atoms in total. The maximum absolute atomic E-state index is 14.3. The molecule has 0 bridgehead atoms. The van der Waals surface area contributed by atoms with Gasteiger partial charge in [-0.1, -0.05) is 49.9 Å². The van der Waals surface area contributed by atoms with Crippen molar-refractivity contribution in [2.24, 2.45) is 10.1 Å². The summed E-state index contributed by atoms with van der Waals surface area (Å²) in [5.41, 5.74) is 6.33. The molecule has 0 radical (unpaired) electrons. The van der Waals surface area contributed by atoms with Crippen molar-refractivity contribution in [1.29, 1.82) is 0 Å². The standard InChI is InChI=1S/C30H25F4N7O2S2/c1-17(2)23-13-24(31)18(3)12-25(23)41-26(42)15-45-29(41)37-28(44)38-36-14-19-4-6-20(7-5-19)27-35-16-40(39-27)21-8-10-22(11-9-21)43-30(32,33)34/h4-14,16-17H,15H2,1-3H3,(H,38,44)/b36-14+,37-29-. The van der Waals surface area contributed by atoms with Gasteiger partial charge in [0.25, 0.3) is 0 Å². The fourth-order valence-electron chi connectivity index (χ4n) is 4.33. The molecule has 4 aromatic rings. The quantitative estimate of drug-likeness (QED) is 0.102. The van der Waals surface area contributed by atoms with Gasteiger partial charge in [0.1, 0.15) is 17.9 Å². The third kappa shape index (κ3) is 7.72. The Labute approximate surface area is 265 Å². The lowest BCUT2D eigenvalue weighted by Gasteiger charge is -2.22. The molecular weight excluding hydrogens is 631 g/mol. The number of thioether (sulfide) groups is 1. The molecule has 45 heavy (non-hydrogen) atoms. The highest BCUT2D eigenvalue weighted by atomic mass is 32.2. The summed E-state index contributed by atoms with van der Waals surface area (Å²) in [6.45, 7) is 5.50. The molecule has 0 spiro atoms. The normalized spacial score (nSPS) is 14.6. The van der Waals surface area contributed by atoms with Crippen LogP contribution in [0.3, 0.4) is 0 Å². The summed E-state index contributed by atoms with van der Waals surface area (Å²) in [6, 6.07) is 15.5. The van der Waals surface area contributed by atoms with Crippen LogP contribution in [0.25, 0.3) is 17.1 Å². The molecule has 5 rings (SSSR count). The van der Waals surface area contributed by atoms with Crippen LogP contribution in [-0.2, 0) is 4.79 Å². The molecule has 1 saturated heterocycles. The number of anilines is 1. The van der Waals surface area contributed by atoms with E-state index < -0.39 is 6.36 Å². The first-order chi connectivity index (χ1) is 21.4. The topological polar surface area (TPSA) is 97.0 Å². The number of carbonyl (C=O) groups excluding carboxylic acids is 1. The summed E-state index contributed by atoms with van der Waals surface area (Å²) < 4.78 is 56.8. The van der Waals surface area contributed by atoms with E-state index in [-0.39, 0.29) is 34.3 Å². The maximum atomic E-state index is 14.3. The zero-order chi connectivity index (χ0) is 32.3. The van der Waals surface area contributed by atoms with E-state index in [2.05, 4.69) is 30.3 Å². The number of carbonyl (C=O) groups is 1. The zero-order valence-corrected chi connectivity index (χ0v) is 25.7. The molecule has 1 aliphatic heterocycles. The van der Waals surface area contributed by atoms with Gasteiger partial charge in [-0.05, 0) is 78.1 Å². The van der Waals surface area contributed by atoms with Crippen LogP contribution in [0, 0.1) is 12.7 Å². The third-order valence-corrected chi connectivity index (χ3v) is 7.61. The minimum Gasteiger partial charge on any atom is -0.406 e. The highest BCUT2D eigenvalue weighted by molar-refractivity contribution is 8.15. The van der Waals surface area contributed by atoms with Gasteiger partial charge >= 0.3 is 6.36 Å². The number of amidine groups is 1. The Kier molecular flexibility index (Phi) is 9.29. The van der Waals surface area contributed by atoms with Gasteiger partial charge in [0, 0.05) is 5.56 Å². The van der Waals surface area contributed by atoms with Gasteiger partial charge in [0.15, 0.2) is 11.0 Å². The van der Waals surface area contributed by atoms with Gasteiger partial charge in [-0.15, -0.1) is 18.3 Å². The number of alkyl halides is 3. The number of thiocarbonyl (C=S) groups is 1. The molecule has 1 amide bonds. The molecule has 1 aromatic heterocycles. The monoisotopic (exact) mass is 655 g/mol. The number of nitrogens with one attached hydrogen (secondary N) is 1. The molecule has 1 fully saturated rings. The van der Waals surface area contributed by atoms with E-state index in [0.717, 1.165) is 5.56 Å². The van der Waals surface area contributed by atoms with Crippen LogP contribution in [0.1, 0.15) is 36.5 Å². The number of nitrogens with zero attached hydrogens (tertiary/aromatic N) is 6. The predicted molar refractivity (Wildman–Crippen MR) is 169 cm³/mol. The highest BCUT2D eigenvalue weighted by Crippen LogP contribution is 2.35. The van der Waals surface area contributed by atoms with Crippen LogP contribution < -0.4 is 15.1 Å². The van der Waals surface area contributed by atoms with E-state index in [9.17, 15) is 22.4 Å². The number of hydrogen-bond donors (Lipinski definition) is 1. The number of rotatable bonds is 7. The molecule has 3 aromatic carbocycles. The van der Waals surface area contributed by atoms with Crippen molar-refractivity contribution in [3.63, 3.8) is 0 Å². The lowest BCUT2D eigenvalue weighted by Crippen LogP contribution is -2.32. The molecule has 0 unspecified atom stereocenters. The lowest BCUT2D eigenvalue weighted by molar-refractivity contribution is -0.274. The highest BCUT2D eigenvalue weighted by Gasteiger charge is 2.33. The van der Waals surface area contributed by atoms with Crippen molar-refractivity contribution in [2.75, 3.05) is 10.7 Å². The van der Waals surface area contributed by atoms with Crippen LogP contribution in [-0.4, -0.2) is 49.3 Å². The molecule has 0 saturated carbocycles. The Morgan fingerprint density at radius 3 is 2.51 bits per heavy atom. The Bertz CT molecular complexity index is 1790. The second-order valence-corrected chi connectivity index (χ2v) is 11.4. The summed E-state index contributed by atoms with van der Waals surface area (Å²) in [5.74, 6) is -0.273. The van der Waals surface area contributed by atoms with E-state index in [1.54, 1.807) is 37.3 Å². The van der Waals surface area contributed by atoms with Gasteiger partial charge in [-0.25, -0.2) is 14.1 Å². The minimum absolute atomic E-state index is 0.0233. The first kappa shape index (κ1) is 31.8. The van der Waals surface area contributed by atoms with E-state index in [0.29, 0.717) is 39.1 Å². The first-order valence-electron chi connectivity index (χ1n) is 13.4. The van der Waals surface area contributed by atoms with Crippen molar-refractivity contribution >= 4 is 52.1 Å². The predicted octanol–water partition coefficient (Wildman–Crippen LogP) is 6.75. The van der Waals surface area contributed by atoms with Crippen molar-refractivity contribution in [1.82, 2.24) is 20.2 Å². The van der Waals surface area contributed by atoms with Gasteiger partial charge in [-0.3, -0.25) is 15.1 Å². The maximum Gasteiger partial charge on any atom is 0.573 e. The summed E-state index contributed by atoms with van der Waals surface area (Å²) >= 11 is 6.57. The number of ether oxygens (including phenoxy) is 1. The lowest BCUT2D eigenvalue weighted by atomic mass is 9.98. The van der Waals surface area contributed by atoms with E-state index in [1.807, 2.05) is 13.8 Å². The second-order valence-electron chi connectivity index (χ2n) is 10.1. The minimum atomic E-state index is -4.77. The fourth-order valence-corrected chi connectivity index (χ4v) is 5.40. The second kappa shape index (κ2) is 13.2. The van der Waals surface area contributed by atoms with Crippen molar-refractivity contribution in [3.05, 3.63) is 89.5 Å². The molecule has 15 heteroatoms. The molecule has 232 valence electrons. The molecule has 0 aliphatic carbocycles. The van der Waals surface area contributed by atoms with Gasteiger partial charge in [0.05, 0.1) is 23.3 Å². The molecule has 1 aliphatic rings. The molecule has 0 atom stereocenters.